The smallest absolute Gasteiger partial charge is 0.234 e. The summed E-state index contributed by atoms with van der Waals surface area (Å²) in [5.41, 5.74) is 1.57. The second kappa shape index (κ2) is 9.09. The molecule has 1 amide bonds. The average Bonchev–Trinajstić information content (AvgIpc) is 3.19. The Balaban J connectivity index is 1.46. The maximum Gasteiger partial charge on any atom is 0.234 e. The molecule has 2 heterocycles. The van der Waals surface area contributed by atoms with Crippen LogP contribution in [0.3, 0.4) is 0 Å². The number of ether oxygens (including phenoxy) is 1. The zero-order valence-electron chi connectivity index (χ0n) is 16.4. The number of carbonyl (C=O) groups is 1. The summed E-state index contributed by atoms with van der Waals surface area (Å²) in [5.74, 6) is -0.997. The number of carbonyl (C=O) groups excluding carboxylic acids is 1. The van der Waals surface area contributed by atoms with E-state index in [-0.39, 0.29) is 17.3 Å². The van der Waals surface area contributed by atoms with Crippen molar-refractivity contribution in [1.82, 2.24) is 19.8 Å². The van der Waals surface area contributed by atoms with Gasteiger partial charge >= 0.3 is 0 Å². The molecule has 0 aliphatic carbocycles. The van der Waals surface area contributed by atoms with Gasteiger partial charge in [-0.2, -0.15) is 9.61 Å². The number of fused-ring (bicyclic) bond motifs is 1. The standard InChI is InChI=1S/C21H17F2N5O2S/c1-2-30-15-6-3-13(4-7-15)21-26-25-18-9-10-20(27-28(18)21)31-12-19(29)24-14-5-8-16(22)17(23)11-14/h3-11H,2,12H2,1H3,(H,24,29). The van der Waals surface area contributed by atoms with Crippen molar-refractivity contribution in [3.8, 4) is 17.1 Å². The SMILES string of the molecule is CCOc1ccc(-c2nnc3ccc(SCC(=O)Nc4ccc(F)c(F)c4)nn23)cc1. The maximum absolute atomic E-state index is 13.3. The van der Waals surface area contributed by atoms with Crippen LogP contribution in [0.4, 0.5) is 14.5 Å². The van der Waals surface area contributed by atoms with Gasteiger partial charge in [-0.15, -0.1) is 10.2 Å². The molecule has 0 aliphatic rings. The summed E-state index contributed by atoms with van der Waals surface area (Å²) in [6.07, 6.45) is 0. The molecule has 4 aromatic rings. The molecule has 1 N–H and O–H groups in total. The lowest BCUT2D eigenvalue weighted by atomic mass is 10.2. The highest BCUT2D eigenvalue weighted by Gasteiger charge is 2.12. The predicted octanol–water partition coefficient (Wildman–Crippen LogP) is 4.20. The predicted molar refractivity (Wildman–Crippen MR) is 113 cm³/mol. The van der Waals surface area contributed by atoms with Gasteiger partial charge in [0.1, 0.15) is 10.8 Å². The Kier molecular flexibility index (Phi) is 6.08. The van der Waals surface area contributed by atoms with Crippen molar-refractivity contribution in [1.29, 1.82) is 0 Å². The highest BCUT2D eigenvalue weighted by atomic mass is 32.2. The number of benzene rings is 2. The molecule has 0 aliphatic heterocycles. The van der Waals surface area contributed by atoms with Gasteiger partial charge in [-0.3, -0.25) is 4.79 Å². The van der Waals surface area contributed by atoms with Crippen LogP contribution >= 0.6 is 11.8 Å². The first kappa shape index (κ1) is 20.7. The van der Waals surface area contributed by atoms with E-state index in [4.69, 9.17) is 4.74 Å². The van der Waals surface area contributed by atoms with E-state index in [0.29, 0.717) is 23.1 Å². The van der Waals surface area contributed by atoms with E-state index in [1.54, 1.807) is 16.6 Å². The third-order valence-electron chi connectivity index (χ3n) is 4.22. The number of nitrogens with zero attached hydrogens (tertiary/aromatic N) is 4. The number of hydrogen-bond donors (Lipinski definition) is 1. The molecular formula is C21H17F2N5O2S. The molecule has 2 aromatic heterocycles. The molecular weight excluding hydrogens is 424 g/mol. The van der Waals surface area contributed by atoms with Crippen molar-refractivity contribution in [2.75, 3.05) is 17.7 Å². The van der Waals surface area contributed by atoms with Gasteiger partial charge in [0.25, 0.3) is 0 Å². The topological polar surface area (TPSA) is 81.4 Å². The number of anilines is 1. The van der Waals surface area contributed by atoms with E-state index >= 15 is 0 Å². The van der Waals surface area contributed by atoms with Crippen molar-refractivity contribution >= 4 is 29.0 Å². The van der Waals surface area contributed by atoms with E-state index in [9.17, 15) is 13.6 Å². The largest absolute Gasteiger partial charge is 0.494 e. The minimum absolute atomic E-state index is 0.0397. The molecule has 0 unspecified atom stereocenters. The summed E-state index contributed by atoms with van der Waals surface area (Å²) in [6, 6.07) is 14.1. The molecule has 0 saturated heterocycles. The van der Waals surface area contributed by atoms with Crippen molar-refractivity contribution in [3.63, 3.8) is 0 Å². The molecule has 0 spiro atoms. The second-order valence-corrected chi connectivity index (χ2v) is 7.38. The number of amides is 1. The lowest BCUT2D eigenvalue weighted by molar-refractivity contribution is -0.113. The molecule has 0 atom stereocenters. The van der Waals surface area contributed by atoms with Gasteiger partial charge in [0.15, 0.2) is 23.1 Å². The Morgan fingerprint density at radius 1 is 1.06 bits per heavy atom. The summed E-state index contributed by atoms with van der Waals surface area (Å²) < 4.78 is 33.3. The average molecular weight is 441 g/mol. The van der Waals surface area contributed by atoms with E-state index in [1.807, 2.05) is 31.2 Å². The fourth-order valence-electron chi connectivity index (χ4n) is 2.81. The van der Waals surface area contributed by atoms with Crippen LogP contribution in [0.1, 0.15) is 6.92 Å². The Bertz CT molecular complexity index is 1230. The van der Waals surface area contributed by atoms with Crippen LogP contribution in [-0.4, -0.2) is 38.1 Å². The number of rotatable bonds is 7. The summed E-state index contributed by atoms with van der Waals surface area (Å²) in [5, 5.41) is 15.9. The summed E-state index contributed by atoms with van der Waals surface area (Å²) in [6.45, 7) is 2.50. The van der Waals surface area contributed by atoms with Crippen LogP contribution in [-0.2, 0) is 4.79 Å². The van der Waals surface area contributed by atoms with Crippen LogP contribution in [0.2, 0.25) is 0 Å². The molecule has 158 valence electrons. The van der Waals surface area contributed by atoms with Gasteiger partial charge in [-0.05, 0) is 55.5 Å². The molecule has 7 nitrogen and oxygen atoms in total. The van der Waals surface area contributed by atoms with Crippen LogP contribution in [0.15, 0.2) is 59.6 Å². The number of halogens is 2. The highest BCUT2D eigenvalue weighted by molar-refractivity contribution is 7.99. The Labute approximate surface area is 180 Å². The minimum atomic E-state index is -1.02. The Morgan fingerprint density at radius 3 is 2.61 bits per heavy atom. The van der Waals surface area contributed by atoms with Gasteiger partial charge in [0.05, 0.1) is 12.4 Å². The third kappa shape index (κ3) is 4.80. The zero-order chi connectivity index (χ0) is 21.8. The van der Waals surface area contributed by atoms with Gasteiger partial charge < -0.3 is 10.1 Å². The molecule has 0 radical (unpaired) electrons. The number of aromatic nitrogens is 4. The van der Waals surface area contributed by atoms with Gasteiger partial charge in [0.2, 0.25) is 5.91 Å². The van der Waals surface area contributed by atoms with Crippen molar-refractivity contribution in [2.24, 2.45) is 0 Å². The molecule has 2 aromatic carbocycles. The number of nitrogens with one attached hydrogen (secondary N) is 1. The fraction of sp³-hybridized carbons (Fsp3) is 0.143. The quantitative estimate of drug-likeness (QED) is 0.433. The summed E-state index contributed by atoms with van der Waals surface area (Å²) in [4.78, 5) is 12.1. The zero-order valence-corrected chi connectivity index (χ0v) is 17.2. The minimum Gasteiger partial charge on any atom is -0.494 e. The van der Waals surface area contributed by atoms with Gasteiger partial charge in [0, 0.05) is 17.3 Å². The van der Waals surface area contributed by atoms with Crippen LogP contribution in [0.5, 0.6) is 5.75 Å². The molecule has 0 saturated carbocycles. The van der Waals surface area contributed by atoms with E-state index in [2.05, 4.69) is 20.6 Å². The molecule has 31 heavy (non-hydrogen) atoms. The molecule has 4 rings (SSSR count). The van der Waals surface area contributed by atoms with E-state index in [0.717, 1.165) is 23.4 Å². The van der Waals surface area contributed by atoms with Crippen LogP contribution in [0, 0.1) is 11.6 Å². The normalized spacial score (nSPS) is 10.9. The van der Waals surface area contributed by atoms with Gasteiger partial charge in [-0.1, -0.05) is 11.8 Å². The lowest BCUT2D eigenvalue weighted by Crippen LogP contribution is -2.14. The molecule has 10 heteroatoms. The Hall–Kier alpha value is -3.53. The highest BCUT2D eigenvalue weighted by Crippen LogP contribution is 2.23. The lowest BCUT2D eigenvalue weighted by Gasteiger charge is -2.06. The number of hydrogen-bond acceptors (Lipinski definition) is 6. The first-order valence-corrected chi connectivity index (χ1v) is 10.4. The summed E-state index contributed by atoms with van der Waals surface area (Å²) in [7, 11) is 0. The number of thioether (sulfide) groups is 1. The first-order chi connectivity index (χ1) is 15.0. The van der Waals surface area contributed by atoms with Gasteiger partial charge in [-0.25, -0.2) is 8.78 Å². The van der Waals surface area contributed by atoms with E-state index in [1.165, 1.54) is 17.8 Å². The second-order valence-electron chi connectivity index (χ2n) is 6.39. The van der Waals surface area contributed by atoms with Crippen molar-refractivity contribution < 1.29 is 18.3 Å². The third-order valence-corrected chi connectivity index (χ3v) is 5.14. The van der Waals surface area contributed by atoms with Crippen LogP contribution < -0.4 is 10.1 Å². The van der Waals surface area contributed by atoms with E-state index < -0.39 is 11.6 Å². The first-order valence-electron chi connectivity index (χ1n) is 9.37. The molecule has 0 bridgehead atoms. The van der Waals surface area contributed by atoms with Crippen molar-refractivity contribution in [2.45, 2.75) is 11.9 Å². The fourth-order valence-corrected chi connectivity index (χ4v) is 3.46. The molecule has 0 fully saturated rings. The summed E-state index contributed by atoms with van der Waals surface area (Å²) >= 11 is 1.20. The van der Waals surface area contributed by atoms with Crippen molar-refractivity contribution in [3.05, 3.63) is 66.2 Å². The monoisotopic (exact) mass is 441 g/mol. The maximum atomic E-state index is 13.3. The Morgan fingerprint density at radius 2 is 1.87 bits per heavy atom. The van der Waals surface area contributed by atoms with Crippen LogP contribution in [0.25, 0.3) is 17.0 Å².